The first kappa shape index (κ1) is 22.2. The number of carbonyl (C=O) groups is 1. The normalized spacial score (nSPS) is 15.0. The zero-order valence-corrected chi connectivity index (χ0v) is 18.0. The van der Waals surface area contributed by atoms with E-state index < -0.39 is 10.0 Å². The molecule has 2 aromatic carbocycles. The van der Waals surface area contributed by atoms with Gasteiger partial charge < -0.3 is 4.90 Å². The maximum Gasteiger partial charge on any atom is 0.242 e. The lowest BCUT2D eigenvalue weighted by Gasteiger charge is -2.34. The van der Waals surface area contributed by atoms with Gasteiger partial charge in [-0.25, -0.2) is 13.1 Å². The van der Waals surface area contributed by atoms with Crippen LogP contribution in [0.1, 0.15) is 17.5 Å². The number of hydrogen-bond donors (Lipinski definition) is 1. The number of nitriles is 1. The van der Waals surface area contributed by atoms with Crippen molar-refractivity contribution in [3.05, 3.63) is 64.7 Å². The molecule has 3 rings (SSSR count). The van der Waals surface area contributed by atoms with Gasteiger partial charge >= 0.3 is 0 Å². The molecular formula is C21H23ClN4O3S. The molecule has 1 aliphatic rings. The molecule has 1 aliphatic heterocycles. The standard InChI is InChI=1S/C21H23ClN4O3S/c22-19-3-1-2-4-20(19)30(28,29)24-10-9-21(27)26-13-11-25(12-14-26)16-18-7-5-17(15-23)6-8-18/h1-8,24H,9-14,16H2. The Hall–Kier alpha value is -2.44. The number of halogens is 1. The van der Waals surface area contributed by atoms with Gasteiger partial charge in [0.1, 0.15) is 4.90 Å². The molecule has 0 atom stereocenters. The molecule has 0 saturated carbocycles. The second-order valence-corrected chi connectivity index (χ2v) is 9.19. The van der Waals surface area contributed by atoms with E-state index in [2.05, 4.69) is 15.7 Å². The third-order valence-electron chi connectivity index (χ3n) is 4.97. The van der Waals surface area contributed by atoms with Crippen molar-refractivity contribution in [2.45, 2.75) is 17.9 Å². The van der Waals surface area contributed by atoms with Gasteiger partial charge in [0.15, 0.2) is 0 Å². The highest BCUT2D eigenvalue weighted by atomic mass is 35.5. The summed E-state index contributed by atoms with van der Waals surface area (Å²) in [4.78, 5) is 16.5. The fourth-order valence-corrected chi connectivity index (χ4v) is 4.84. The van der Waals surface area contributed by atoms with E-state index >= 15 is 0 Å². The van der Waals surface area contributed by atoms with Crippen LogP contribution in [0.2, 0.25) is 5.02 Å². The Morgan fingerprint density at radius 2 is 1.73 bits per heavy atom. The molecule has 1 heterocycles. The summed E-state index contributed by atoms with van der Waals surface area (Å²) in [6.45, 7) is 3.50. The average molecular weight is 447 g/mol. The van der Waals surface area contributed by atoms with Crippen molar-refractivity contribution in [1.82, 2.24) is 14.5 Å². The Bertz CT molecular complexity index is 1030. The number of carbonyl (C=O) groups excluding carboxylic acids is 1. The van der Waals surface area contributed by atoms with E-state index in [-0.39, 0.29) is 28.8 Å². The largest absolute Gasteiger partial charge is 0.340 e. The molecule has 0 spiro atoms. The van der Waals surface area contributed by atoms with E-state index in [4.69, 9.17) is 16.9 Å². The van der Waals surface area contributed by atoms with Crippen LogP contribution in [0.4, 0.5) is 0 Å². The monoisotopic (exact) mass is 446 g/mol. The van der Waals surface area contributed by atoms with Crippen LogP contribution in [-0.4, -0.2) is 56.8 Å². The minimum atomic E-state index is -3.75. The van der Waals surface area contributed by atoms with E-state index in [0.29, 0.717) is 18.7 Å². The molecule has 1 saturated heterocycles. The maximum absolute atomic E-state index is 12.4. The number of hydrogen-bond acceptors (Lipinski definition) is 5. The number of amides is 1. The summed E-state index contributed by atoms with van der Waals surface area (Å²) in [6, 6.07) is 15.8. The summed E-state index contributed by atoms with van der Waals surface area (Å²) in [5.41, 5.74) is 1.77. The van der Waals surface area contributed by atoms with Crippen molar-refractivity contribution < 1.29 is 13.2 Å². The van der Waals surface area contributed by atoms with Gasteiger partial charge in [0, 0.05) is 45.7 Å². The summed E-state index contributed by atoms with van der Waals surface area (Å²) in [5, 5.41) is 9.01. The van der Waals surface area contributed by atoms with Crippen LogP contribution in [0.15, 0.2) is 53.4 Å². The van der Waals surface area contributed by atoms with Gasteiger partial charge in [-0.2, -0.15) is 5.26 Å². The first-order valence-corrected chi connectivity index (χ1v) is 11.5. The molecule has 1 fully saturated rings. The van der Waals surface area contributed by atoms with Crippen LogP contribution >= 0.6 is 11.6 Å². The smallest absolute Gasteiger partial charge is 0.242 e. The predicted molar refractivity (Wildman–Crippen MR) is 114 cm³/mol. The molecule has 0 bridgehead atoms. The molecule has 1 N–H and O–H groups in total. The first-order valence-electron chi connectivity index (χ1n) is 9.62. The van der Waals surface area contributed by atoms with Crippen LogP contribution in [0.25, 0.3) is 0 Å². The highest BCUT2D eigenvalue weighted by Crippen LogP contribution is 2.20. The fourth-order valence-electron chi connectivity index (χ4n) is 3.29. The minimum Gasteiger partial charge on any atom is -0.340 e. The Labute approximate surface area is 181 Å². The van der Waals surface area contributed by atoms with Crippen LogP contribution in [-0.2, 0) is 21.4 Å². The van der Waals surface area contributed by atoms with Crippen LogP contribution in [0.3, 0.4) is 0 Å². The van der Waals surface area contributed by atoms with Gasteiger partial charge in [-0.15, -0.1) is 0 Å². The zero-order valence-electron chi connectivity index (χ0n) is 16.4. The predicted octanol–water partition coefficient (Wildman–Crippen LogP) is 2.22. The number of sulfonamides is 1. The molecule has 0 aliphatic carbocycles. The SMILES string of the molecule is N#Cc1ccc(CN2CCN(C(=O)CCNS(=O)(=O)c3ccccc3Cl)CC2)cc1. The van der Waals surface area contributed by atoms with E-state index in [1.54, 1.807) is 29.2 Å². The Morgan fingerprint density at radius 3 is 2.37 bits per heavy atom. The molecule has 0 radical (unpaired) electrons. The van der Waals surface area contributed by atoms with Gasteiger partial charge in [0.2, 0.25) is 15.9 Å². The zero-order chi connectivity index (χ0) is 21.6. The van der Waals surface area contributed by atoms with Gasteiger partial charge in [-0.1, -0.05) is 35.9 Å². The Kier molecular flexibility index (Phi) is 7.45. The minimum absolute atomic E-state index is 0.00975. The molecule has 1 amide bonds. The lowest BCUT2D eigenvalue weighted by atomic mass is 10.1. The van der Waals surface area contributed by atoms with Crippen molar-refractivity contribution in [3.63, 3.8) is 0 Å². The van der Waals surface area contributed by atoms with Crippen molar-refractivity contribution >= 4 is 27.5 Å². The van der Waals surface area contributed by atoms with Crippen LogP contribution in [0, 0.1) is 11.3 Å². The van der Waals surface area contributed by atoms with Crippen LogP contribution < -0.4 is 4.72 Å². The summed E-state index contributed by atoms with van der Waals surface area (Å²) in [5.74, 6) is -0.0742. The number of piperazine rings is 1. The lowest BCUT2D eigenvalue weighted by Crippen LogP contribution is -2.48. The second kappa shape index (κ2) is 10.0. The van der Waals surface area contributed by atoms with E-state index in [0.717, 1.165) is 25.2 Å². The average Bonchev–Trinajstić information content (AvgIpc) is 2.75. The number of benzene rings is 2. The summed E-state index contributed by atoms with van der Waals surface area (Å²) in [7, 11) is -3.75. The first-order chi connectivity index (χ1) is 14.4. The molecule has 30 heavy (non-hydrogen) atoms. The van der Waals surface area contributed by atoms with Gasteiger partial charge in [-0.3, -0.25) is 9.69 Å². The van der Waals surface area contributed by atoms with E-state index in [1.165, 1.54) is 12.1 Å². The number of nitrogens with one attached hydrogen (secondary N) is 1. The molecule has 0 unspecified atom stereocenters. The summed E-state index contributed by atoms with van der Waals surface area (Å²) < 4.78 is 27.1. The Balaban J connectivity index is 1.43. The van der Waals surface area contributed by atoms with Crippen molar-refractivity contribution in [2.75, 3.05) is 32.7 Å². The molecule has 7 nitrogen and oxygen atoms in total. The third kappa shape index (κ3) is 5.80. The van der Waals surface area contributed by atoms with Gasteiger partial charge in [0.05, 0.1) is 16.7 Å². The van der Waals surface area contributed by atoms with E-state index in [9.17, 15) is 13.2 Å². The van der Waals surface area contributed by atoms with Gasteiger partial charge in [-0.05, 0) is 29.8 Å². The summed E-state index contributed by atoms with van der Waals surface area (Å²) >= 11 is 5.95. The van der Waals surface area contributed by atoms with Crippen molar-refractivity contribution in [3.8, 4) is 6.07 Å². The second-order valence-electron chi connectivity index (χ2n) is 7.04. The van der Waals surface area contributed by atoms with Crippen LogP contribution in [0.5, 0.6) is 0 Å². The maximum atomic E-state index is 12.4. The lowest BCUT2D eigenvalue weighted by molar-refractivity contribution is -0.132. The van der Waals surface area contributed by atoms with Gasteiger partial charge in [0.25, 0.3) is 0 Å². The topological polar surface area (TPSA) is 93.5 Å². The Morgan fingerprint density at radius 1 is 1.07 bits per heavy atom. The van der Waals surface area contributed by atoms with Crippen molar-refractivity contribution in [2.24, 2.45) is 0 Å². The molecule has 0 aromatic heterocycles. The molecule has 158 valence electrons. The van der Waals surface area contributed by atoms with E-state index in [1.807, 2.05) is 12.1 Å². The highest BCUT2D eigenvalue weighted by molar-refractivity contribution is 7.89. The number of rotatable bonds is 7. The van der Waals surface area contributed by atoms with Crippen molar-refractivity contribution in [1.29, 1.82) is 5.26 Å². The molecule has 2 aromatic rings. The fraction of sp³-hybridized carbons (Fsp3) is 0.333. The summed E-state index contributed by atoms with van der Waals surface area (Å²) in [6.07, 6.45) is 0.0965. The quantitative estimate of drug-likeness (QED) is 0.703. The molecular weight excluding hydrogens is 424 g/mol. The number of nitrogens with zero attached hydrogens (tertiary/aromatic N) is 3. The highest BCUT2D eigenvalue weighted by Gasteiger charge is 2.22. The molecule has 9 heteroatoms. The third-order valence-corrected chi connectivity index (χ3v) is 6.93.